The van der Waals surface area contributed by atoms with Gasteiger partial charge in [-0.05, 0) is 13.8 Å². The van der Waals surface area contributed by atoms with E-state index in [9.17, 15) is 14.4 Å². The molecule has 0 radical (unpaired) electrons. The Morgan fingerprint density at radius 3 is 1.92 bits per heavy atom. The van der Waals surface area contributed by atoms with E-state index in [0.29, 0.717) is 12.8 Å². The number of likely N-dealkylation sites (N-methyl/N-ethyl adjacent to an activating group) is 2. The molecular weight excluding hydrogens is 312 g/mol. The maximum absolute atomic E-state index is 12.4. The Kier molecular flexibility index (Phi) is 9.74. The van der Waals surface area contributed by atoms with Gasteiger partial charge in [0.05, 0.1) is 0 Å². The van der Waals surface area contributed by atoms with Crippen molar-refractivity contribution in [2.24, 2.45) is 0 Å². The molecule has 0 fully saturated rings. The summed E-state index contributed by atoms with van der Waals surface area (Å²) < 4.78 is 9.90. The number of hydrogen-bond acceptors (Lipinski definition) is 5. The quantitative estimate of drug-likeness (QED) is 0.374. The lowest BCUT2D eigenvalue weighted by atomic mass is 10.2. The Morgan fingerprint density at radius 2 is 1.42 bits per heavy atom. The van der Waals surface area contributed by atoms with E-state index in [2.05, 4.69) is 11.8 Å². The van der Waals surface area contributed by atoms with Crippen molar-refractivity contribution in [3.05, 3.63) is 0 Å². The molecule has 0 saturated carbocycles. The standard InChI is InChI=1S/C17H24N2O5/c1-7-9-11-23-16(21)14(4)18(5)15(20)13(3)19(6)17(22)24-12-10-8-2/h1-2,13-14H,9-12H2,3-6H3. The van der Waals surface area contributed by atoms with Gasteiger partial charge in [-0.15, -0.1) is 24.7 Å². The summed E-state index contributed by atoms with van der Waals surface area (Å²) in [6.45, 7) is 3.25. The molecule has 0 aliphatic heterocycles. The van der Waals surface area contributed by atoms with Gasteiger partial charge in [0.1, 0.15) is 25.3 Å². The first-order chi connectivity index (χ1) is 11.3. The number of esters is 1. The van der Waals surface area contributed by atoms with E-state index < -0.39 is 30.1 Å². The predicted molar refractivity (Wildman–Crippen MR) is 88.7 cm³/mol. The molecule has 2 atom stereocenters. The van der Waals surface area contributed by atoms with Gasteiger partial charge in [0.25, 0.3) is 0 Å². The fraction of sp³-hybridized carbons (Fsp3) is 0.588. The van der Waals surface area contributed by atoms with E-state index in [1.807, 2.05) is 0 Å². The SMILES string of the molecule is C#CCCOC(=O)C(C)N(C)C(=O)C(C)N(C)C(=O)OCCC#C. The van der Waals surface area contributed by atoms with Crippen LogP contribution >= 0.6 is 0 Å². The van der Waals surface area contributed by atoms with Gasteiger partial charge < -0.3 is 14.4 Å². The largest absolute Gasteiger partial charge is 0.463 e. The molecule has 132 valence electrons. The molecule has 0 rings (SSSR count). The van der Waals surface area contributed by atoms with Gasteiger partial charge in [-0.25, -0.2) is 9.59 Å². The summed E-state index contributed by atoms with van der Waals surface area (Å²) in [5.74, 6) is 3.71. The molecule has 0 heterocycles. The number of carbonyl (C=O) groups excluding carboxylic acids is 3. The second kappa shape index (κ2) is 11.0. The first-order valence-electron chi connectivity index (χ1n) is 7.47. The molecule has 7 nitrogen and oxygen atoms in total. The smallest absolute Gasteiger partial charge is 0.410 e. The monoisotopic (exact) mass is 336 g/mol. The van der Waals surface area contributed by atoms with E-state index in [-0.39, 0.29) is 13.2 Å². The summed E-state index contributed by atoms with van der Waals surface area (Å²) in [7, 11) is 2.90. The number of ether oxygens (including phenoxy) is 2. The van der Waals surface area contributed by atoms with Crippen molar-refractivity contribution in [1.29, 1.82) is 0 Å². The number of hydrogen-bond donors (Lipinski definition) is 0. The van der Waals surface area contributed by atoms with Gasteiger partial charge in [0.2, 0.25) is 5.91 Å². The molecule has 0 aliphatic carbocycles. The molecule has 2 unspecified atom stereocenters. The van der Waals surface area contributed by atoms with Crippen molar-refractivity contribution in [1.82, 2.24) is 9.80 Å². The van der Waals surface area contributed by atoms with Crippen LogP contribution in [0.2, 0.25) is 0 Å². The van der Waals surface area contributed by atoms with E-state index in [4.69, 9.17) is 22.3 Å². The minimum Gasteiger partial charge on any atom is -0.463 e. The molecule has 2 amide bonds. The van der Waals surface area contributed by atoms with Gasteiger partial charge >= 0.3 is 12.1 Å². The van der Waals surface area contributed by atoms with Crippen LogP contribution < -0.4 is 0 Å². The molecule has 24 heavy (non-hydrogen) atoms. The lowest BCUT2D eigenvalue weighted by Gasteiger charge is -2.30. The van der Waals surface area contributed by atoms with E-state index in [1.165, 1.54) is 32.8 Å². The van der Waals surface area contributed by atoms with Crippen molar-refractivity contribution in [3.63, 3.8) is 0 Å². The Bertz CT molecular complexity index is 486. The highest BCUT2D eigenvalue weighted by Crippen LogP contribution is 2.07. The maximum Gasteiger partial charge on any atom is 0.410 e. The van der Waals surface area contributed by atoms with Gasteiger partial charge in [-0.1, -0.05) is 0 Å². The highest BCUT2D eigenvalue weighted by Gasteiger charge is 2.31. The van der Waals surface area contributed by atoms with Crippen LogP contribution in [0, 0.1) is 24.7 Å². The van der Waals surface area contributed by atoms with Gasteiger partial charge in [-0.3, -0.25) is 9.69 Å². The molecule has 0 saturated heterocycles. The highest BCUT2D eigenvalue weighted by atomic mass is 16.6. The number of nitrogens with zero attached hydrogens (tertiary/aromatic N) is 2. The van der Waals surface area contributed by atoms with Crippen molar-refractivity contribution in [2.45, 2.75) is 38.8 Å². The van der Waals surface area contributed by atoms with E-state index in [0.717, 1.165) is 4.90 Å². The highest BCUT2D eigenvalue weighted by molar-refractivity contribution is 5.89. The van der Waals surface area contributed by atoms with Crippen molar-refractivity contribution < 1.29 is 23.9 Å². The molecule has 0 aromatic carbocycles. The van der Waals surface area contributed by atoms with Crippen LogP contribution in [0.15, 0.2) is 0 Å². The van der Waals surface area contributed by atoms with E-state index in [1.54, 1.807) is 0 Å². The van der Waals surface area contributed by atoms with Crippen molar-refractivity contribution in [2.75, 3.05) is 27.3 Å². The zero-order valence-corrected chi connectivity index (χ0v) is 14.6. The van der Waals surface area contributed by atoms with Crippen LogP contribution in [0.25, 0.3) is 0 Å². The zero-order chi connectivity index (χ0) is 18.7. The summed E-state index contributed by atoms with van der Waals surface area (Å²) in [6, 6.07) is -1.61. The van der Waals surface area contributed by atoms with E-state index >= 15 is 0 Å². The van der Waals surface area contributed by atoms with Crippen LogP contribution in [0.5, 0.6) is 0 Å². The number of rotatable bonds is 8. The molecule has 0 aromatic rings. The average molecular weight is 336 g/mol. The molecular formula is C17H24N2O5. The fourth-order valence-corrected chi connectivity index (χ4v) is 1.60. The average Bonchev–Trinajstić information content (AvgIpc) is 2.58. The normalized spacial score (nSPS) is 12.1. The minimum absolute atomic E-state index is 0.0777. The first kappa shape index (κ1) is 21.3. The van der Waals surface area contributed by atoms with Gasteiger partial charge in [0.15, 0.2) is 0 Å². The Labute approximate surface area is 143 Å². The summed E-state index contributed by atoms with van der Waals surface area (Å²) in [6.07, 6.45) is 10.1. The van der Waals surface area contributed by atoms with Crippen molar-refractivity contribution in [3.8, 4) is 24.7 Å². The summed E-state index contributed by atoms with van der Waals surface area (Å²) in [5, 5.41) is 0. The predicted octanol–water partition coefficient (Wildman–Crippen LogP) is 0.880. The Balaban J connectivity index is 4.64. The van der Waals surface area contributed by atoms with Crippen LogP contribution in [-0.2, 0) is 19.1 Å². The fourth-order valence-electron chi connectivity index (χ4n) is 1.60. The molecule has 0 N–H and O–H groups in total. The Morgan fingerprint density at radius 1 is 0.917 bits per heavy atom. The Hall–Kier alpha value is -2.67. The maximum atomic E-state index is 12.4. The van der Waals surface area contributed by atoms with Crippen LogP contribution in [0.4, 0.5) is 4.79 Å². The van der Waals surface area contributed by atoms with Crippen LogP contribution in [-0.4, -0.2) is 67.2 Å². The van der Waals surface area contributed by atoms with Gasteiger partial charge in [0, 0.05) is 26.9 Å². The number of terminal acetylenes is 2. The second-order valence-electron chi connectivity index (χ2n) is 5.10. The molecule has 0 aliphatic rings. The third-order valence-electron chi connectivity index (χ3n) is 3.46. The summed E-state index contributed by atoms with van der Waals surface area (Å²) in [4.78, 5) is 38.4. The first-order valence-corrected chi connectivity index (χ1v) is 7.47. The van der Waals surface area contributed by atoms with Crippen LogP contribution in [0.3, 0.4) is 0 Å². The summed E-state index contributed by atoms with van der Waals surface area (Å²) in [5.41, 5.74) is 0. The van der Waals surface area contributed by atoms with Crippen molar-refractivity contribution >= 4 is 18.0 Å². The third kappa shape index (κ3) is 6.62. The molecule has 0 spiro atoms. The molecule has 0 aromatic heterocycles. The van der Waals surface area contributed by atoms with Crippen LogP contribution in [0.1, 0.15) is 26.7 Å². The molecule has 0 bridgehead atoms. The number of amides is 2. The second-order valence-corrected chi connectivity index (χ2v) is 5.10. The lowest BCUT2D eigenvalue weighted by molar-refractivity contribution is -0.154. The number of carbonyl (C=O) groups is 3. The third-order valence-corrected chi connectivity index (χ3v) is 3.46. The summed E-state index contributed by atoms with van der Waals surface area (Å²) >= 11 is 0. The molecule has 7 heteroatoms. The minimum atomic E-state index is -0.811. The topological polar surface area (TPSA) is 76.2 Å². The lowest BCUT2D eigenvalue weighted by Crippen LogP contribution is -2.51. The zero-order valence-electron chi connectivity index (χ0n) is 14.6. The van der Waals surface area contributed by atoms with Gasteiger partial charge in [-0.2, -0.15) is 0 Å².